The Kier molecular flexibility index (Phi) is 7.50. The lowest BCUT2D eigenvalue weighted by Gasteiger charge is -2.38. The van der Waals surface area contributed by atoms with Crippen LogP contribution in [0, 0.1) is 17.8 Å². The number of piperazine rings is 1. The number of pyridine rings is 1. The Hall–Kier alpha value is -1.17. The van der Waals surface area contributed by atoms with E-state index in [1.165, 1.54) is 12.8 Å². The highest BCUT2D eigenvalue weighted by Crippen LogP contribution is 2.35. The molecule has 1 aliphatic carbocycles. The minimum atomic E-state index is -0.406. The maximum Gasteiger partial charge on any atom is 0.128 e. The molecule has 0 aromatic carbocycles. The first-order chi connectivity index (χ1) is 13.0. The molecule has 152 valence electrons. The Balaban J connectivity index is 1.40. The molecule has 3 rings (SSSR count). The van der Waals surface area contributed by atoms with Gasteiger partial charge in [0, 0.05) is 38.9 Å². The molecule has 0 bridgehead atoms. The summed E-state index contributed by atoms with van der Waals surface area (Å²) in [6, 6.07) is 6.05. The van der Waals surface area contributed by atoms with E-state index in [1.54, 1.807) is 0 Å². The average Bonchev–Trinajstić information content (AvgIpc) is 2.67. The zero-order chi connectivity index (χ0) is 19.2. The molecule has 4 atom stereocenters. The Morgan fingerprint density at radius 2 is 1.96 bits per heavy atom. The van der Waals surface area contributed by atoms with Crippen LogP contribution in [0.4, 0.5) is 5.82 Å². The molecule has 2 heterocycles. The highest BCUT2D eigenvalue weighted by molar-refractivity contribution is 5.38. The van der Waals surface area contributed by atoms with Crippen LogP contribution in [0.2, 0.25) is 0 Å². The standard InChI is InChI=1S/C22H37N3O2/c1-17(2)20-8-7-18(3)14-21(20)27-16-19(26)15-24-10-12-25(13-11-24)22-6-4-5-9-23-22/h4-6,9,17-21,26H,7-8,10-16H2,1-3H3/t18-,19-,20-,21-/m1/s1. The second-order valence-electron chi connectivity index (χ2n) is 8.83. The van der Waals surface area contributed by atoms with Crippen LogP contribution in [0.15, 0.2) is 24.4 Å². The SMILES string of the molecule is CC(C)[C@H]1CC[C@@H](C)C[C@H]1OC[C@H](O)CN1CCN(c2ccccn2)CC1. The number of anilines is 1. The first-order valence-corrected chi connectivity index (χ1v) is 10.7. The summed E-state index contributed by atoms with van der Waals surface area (Å²) in [5.41, 5.74) is 0. The van der Waals surface area contributed by atoms with E-state index in [-0.39, 0.29) is 0 Å². The lowest BCUT2D eigenvalue weighted by Crippen LogP contribution is -2.49. The molecule has 0 amide bonds. The molecule has 1 aliphatic heterocycles. The average molecular weight is 376 g/mol. The number of aliphatic hydroxyl groups is 1. The highest BCUT2D eigenvalue weighted by atomic mass is 16.5. The van der Waals surface area contributed by atoms with Gasteiger partial charge < -0.3 is 14.7 Å². The molecule has 0 radical (unpaired) electrons. The van der Waals surface area contributed by atoms with Crippen LogP contribution in [0.25, 0.3) is 0 Å². The molecule has 1 saturated heterocycles. The summed E-state index contributed by atoms with van der Waals surface area (Å²) in [5.74, 6) is 3.07. The van der Waals surface area contributed by atoms with Crippen molar-refractivity contribution in [2.75, 3.05) is 44.2 Å². The fourth-order valence-electron chi connectivity index (χ4n) is 4.59. The summed E-state index contributed by atoms with van der Waals surface area (Å²) in [7, 11) is 0. The summed E-state index contributed by atoms with van der Waals surface area (Å²) in [6.07, 6.45) is 5.46. The van der Waals surface area contributed by atoms with Gasteiger partial charge in [-0.25, -0.2) is 4.98 Å². The van der Waals surface area contributed by atoms with Gasteiger partial charge in [0.05, 0.1) is 18.8 Å². The number of hydrogen-bond donors (Lipinski definition) is 1. The van der Waals surface area contributed by atoms with E-state index in [2.05, 4.69) is 41.6 Å². The van der Waals surface area contributed by atoms with E-state index in [4.69, 9.17) is 4.74 Å². The van der Waals surface area contributed by atoms with Gasteiger partial charge in [0.15, 0.2) is 0 Å². The van der Waals surface area contributed by atoms with Crippen LogP contribution in [0.5, 0.6) is 0 Å². The van der Waals surface area contributed by atoms with Crippen LogP contribution < -0.4 is 4.90 Å². The first kappa shape index (κ1) is 20.6. The van der Waals surface area contributed by atoms with Crippen LogP contribution >= 0.6 is 0 Å². The molecule has 1 saturated carbocycles. The zero-order valence-electron chi connectivity index (χ0n) is 17.3. The largest absolute Gasteiger partial charge is 0.389 e. The Bertz CT molecular complexity index is 546. The van der Waals surface area contributed by atoms with Crippen molar-refractivity contribution in [3.8, 4) is 0 Å². The number of nitrogens with zero attached hydrogens (tertiary/aromatic N) is 3. The van der Waals surface area contributed by atoms with E-state index >= 15 is 0 Å². The third kappa shape index (κ3) is 5.90. The lowest BCUT2D eigenvalue weighted by molar-refractivity contribution is -0.0740. The van der Waals surface area contributed by atoms with Gasteiger partial charge in [-0.2, -0.15) is 0 Å². The van der Waals surface area contributed by atoms with Crippen LogP contribution in [-0.2, 0) is 4.74 Å². The van der Waals surface area contributed by atoms with E-state index in [0.717, 1.165) is 44.3 Å². The molecule has 1 aromatic heterocycles. The predicted molar refractivity (Wildman–Crippen MR) is 110 cm³/mol. The minimum Gasteiger partial charge on any atom is -0.389 e. The minimum absolute atomic E-state index is 0.310. The summed E-state index contributed by atoms with van der Waals surface area (Å²) >= 11 is 0. The number of ether oxygens (including phenoxy) is 1. The van der Waals surface area contributed by atoms with Gasteiger partial charge >= 0.3 is 0 Å². The fourth-order valence-corrected chi connectivity index (χ4v) is 4.59. The van der Waals surface area contributed by atoms with Gasteiger partial charge in [0.2, 0.25) is 0 Å². The summed E-state index contributed by atoms with van der Waals surface area (Å²) in [5, 5.41) is 10.5. The molecule has 5 nitrogen and oxygen atoms in total. The van der Waals surface area contributed by atoms with Crippen LogP contribution in [0.3, 0.4) is 0 Å². The van der Waals surface area contributed by atoms with E-state index < -0.39 is 6.10 Å². The summed E-state index contributed by atoms with van der Waals surface area (Å²) in [4.78, 5) is 9.09. The number of aromatic nitrogens is 1. The highest BCUT2D eigenvalue weighted by Gasteiger charge is 2.32. The van der Waals surface area contributed by atoms with Crippen molar-refractivity contribution in [1.29, 1.82) is 0 Å². The van der Waals surface area contributed by atoms with Gasteiger partial charge in [-0.3, -0.25) is 4.90 Å². The lowest BCUT2D eigenvalue weighted by atomic mass is 9.75. The van der Waals surface area contributed by atoms with Crippen LogP contribution in [-0.4, -0.2) is 66.5 Å². The molecule has 27 heavy (non-hydrogen) atoms. The monoisotopic (exact) mass is 375 g/mol. The normalized spacial score (nSPS) is 28.5. The van der Waals surface area contributed by atoms with E-state index in [0.29, 0.717) is 31.1 Å². The second-order valence-corrected chi connectivity index (χ2v) is 8.83. The Morgan fingerprint density at radius 3 is 2.63 bits per heavy atom. The maximum absolute atomic E-state index is 10.5. The molecule has 5 heteroatoms. The second kappa shape index (κ2) is 9.85. The van der Waals surface area contributed by atoms with Gasteiger partial charge in [0.1, 0.15) is 5.82 Å². The third-order valence-electron chi connectivity index (χ3n) is 6.28. The quantitative estimate of drug-likeness (QED) is 0.794. The Labute approximate surface area is 164 Å². The van der Waals surface area contributed by atoms with Crippen molar-refractivity contribution in [3.05, 3.63) is 24.4 Å². The molecule has 0 spiro atoms. The topological polar surface area (TPSA) is 48.8 Å². The third-order valence-corrected chi connectivity index (χ3v) is 6.28. The molecule has 2 aliphatic rings. The van der Waals surface area contributed by atoms with Crippen molar-refractivity contribution in [3.63, 3.8) is 0 Å². The fraction of sp³-hybridized carbons (Fsp3) is 0.773. The van der Waals surface area contributed by atoms with Gasteiger partial charge in [0.25, 0.3) is 0 Å². The van der Waals surface area contributed by atoms with Crippen molar-refractivity contribution >= 4 is 5.82 Å². The molecular formula is C22H37N3O2. The summed E-state index contributed by atoms with van der Waals surface area (Å²) in [6.45, 7) is 11.9. The number of β-amino-alcohol motifs (C(OH)–C–C–N with tert-alkyl or cyclic N) is 1. The van der Waals surface area contributed by atoms with Gasteiger partial charge in [-0.05, 0) is 42.7 Å². The van der Waals surface area contributed by atoms with E-state index in [1.807, 2.05) is 18.3 Å². The zero-order valence-corrected chi connectivity index (χ0v) is 17.3. The van der Waals surface area contributed by atoms with Crippen molar-refractivity contribution < 1.29 is 9.84 Å². The van der Waals surface area contributed by atoms with Crippen molar-refractivity contribution in [2.45, 2.75) is 52.2 Å². The number of rotatable bonds is 7. The van der Waals surface area contributed by atoms with Gasteiger partial charge in [-0.15, -0.1) is 0 Å². The maximum atomic E-state index is 10.5. The summed E-state index contributed by atoms with van der Waals surface area (Å²) < 4.78 is 6.22. The Morgan fingerprint density at radius 1 is 1.19 bits per heavy atom. The van der Waals surface area contributed by atoms with E-state index in [9.17, 15) is 5.11 Å². The van der Waals surface area contributed by atoms with Gasteiger partial charge in [-0.1, -0.05) is 33.3 Å². The van der Waals surface area contributed by atoms with Crippen molar-refractivity contribution in [2.24, 2.45) is 17.8 Å². The molecular weight excluding hydrogens is 338 g/mol. The number of aliphatic hydroxyl groups excluding tert-OH is 1. The molecule has 1 aromatic rings. The van der Waals surface area contributed by atoms with Crippen LogP contribution in [0.1, 0.15) is 40.0 Å². The number of hydrogen-bond acceptors (Lipinski definition) is 5. The molecule has 0 unspecified atom stereocenters. The molecule has 1 N–H and O–H groups in total. The molecule has 2 fully saturated rings. The first-order valence-electron chi connectivity index (χ1n) is 10.7. The smallest absolute Gasteiger partial charge is 0.128 e. The van der Waals surface area contributed by atoms with Crippen molar-refractivity contribution in [1.82, 2.24) is 9.88 Å². The predicted octanol–water partition coefficient (Wildman–Crippen LogP) is 3.04.